The first-order valence-electron chi connectivity index (χ1n) is 8.79. The lowest BCUT2D eigenvalue weighted by Crippen LogP contribution is -2.36. The number of aromatic nitrogens is 2. The van der Waals surface area contributed by atoms with Crippen LogP contribution < -0.4 is 0 Å². The zero-order valence-electron chi connectivity index (χ0n) is 15.9. The molecule has 0 unspecified atom stereocenters. The van der Waals surface area contributed by atoms with E-state index in [-0.39, 0.29) is 29.2 Å². The first-order valence-corrected chi connectivity index (χ1v) is 10.2. The van der Waals surface area contributed by atoms with Gasteiger partial charge in [0.1, 0.15) is 0 Å². The summed E-state index contributed by atoms with van der Waals surface area (Å²) in [5.74, 6) is 0.419. The molecule has 1 aromatic heterocycles. The maximum absolute atomic E-state index is 13.1. The lowest BCUT2D eigenvalue weighted by atomic mass is 10.2. The fraction of sp³-hybridized carbons (Fsp3) is 0.250. The van der Waals surface area contributed by atoms with E-state index in [4.69, 9.17) is 4.42 Å². The molecule has 0 aliphatic heterocycles. The van der Waals surface area contributed by atoms with Gasteiger partial charge in [0.2, 0.25) is 21.8 Å². The van der Waals surface area contributed by atoms with Crippen molar-refractivity contribution in [1.82, 2.24) is 14.5 Å². The Bertz CT molecular complexity index is 1060. The Hall–Kier alpha value is -2.84. The van der Waals surface area contributed by atoms with Crippen LogP contribution in [0.3, 0.4) is 0 Å². The van der Waals surface area contributed by atoms with Crippen molar-refractivity contribution in [2.24, 2.45) is 0 Å². The normalized spacial score (nSPS) is 11.9. The first kappa shape index (κ1) is 19.9. The average molecular weight is 399 g/mol. The predicted molar refractivity (Wildman–Crippen MR) is 104 cm³/mol. The maximum Gasteiger partial charge on any atom is 0.247 e. The minimum Gasteiger partial charge on any atom is -0.419 e. The molecule has 8 heteroatoms. The van der Waals surface area contributed by atoms with Crippen LogP contribution >= 0.6 is 0 Å². The third-order valence-corrected chi connectivity index (χ3v) is 6.26. The van der Waals surface area contributed by atoms with Gasteiger partial charge in [0.15, 0.2) is 5.78 Å². The largest absolute Gasteiger partial charge is 0.419 e. The van der Waals surface area contributed by atoms with E-state index in [0.29, 0.717) is 11.5 Å². The van der Waals surface area contributed by atoms with Crippen LogP contribution in [-0.2, 0) is 16.6 Å². The van der Waals surface area contributed by atoms with E-state index in [1.165, 1.54) is 35.5 Å². The van der Waals surface area contributed by atoms with Crippen molar-refractivity contribution in [3.8, 4) is 11.5 Å². The van der Waals surface area contributed by atoms with Crippen LogP contribution in [0.4, 0.5) is 0 Å². The molecule has 0 aliphatic carbocycles. The van der Waals surface area contributed by atoms with Crippen molar-refractivity contribution in [2.45, 2.75) is 38.3 Å². The van der Waals surface area contributed by atoms with Crippen molar-refractivity contribution in [3.05, 3.63) is 66.1 Å². The van der Waals surface area contributed by atoms with E-state index in [2.05, 4.69) is 10.2 Å². The number of carbonyl (C=O) groups is 1. The summed E-state index contributed by atoms with van der Waals surface area (Å²) in [5, 5.41) is 8.00. The Morgan fingerprint density at radius 3 is 2.25 bits per heavy atom. The van der Waals surface area contributed by atoms with Gasteiger partial charge in [-0.05, 0) is 45.0 Å². The molecule has 0 radical (unpaired) electrons. The molecule has 2 aromatic carbocycles. The van der Waals surface area contributed by atoms with Gasteiger partial charge in [-0.25, -0.2) is 8.42 Å². The Labute approximate surface area is 164 Å². The Morgan fingerprint density at radius 2 is 1.68 bits per heavy atom. The van der Waals surface area contributed by atoms with E-state index in [1.807, 2.05) is 30.3 Å². The average Bonchev–Trinajstić information content (AvgIpc) is 3.15. The lowest BCUT2D eigenvalue weighted by Gasteiger charge is -2.24. The van der Waals surface area contributed by atoms with Crippen molar-refractivity contribution in [1.29, 1.82) is 0 Å². The second kappa shape index (κ2) is 8.04. The van der Waals surface area contributed by atoms with E-state index in [0.717, 1.165) is 5.56 Å². The molecule has 1 heterocycles. The van der Waals surface area contributed by atoms with E-state index in [9.17, 15) is 13.2 Å². The molecule has 0 bridgehead atoms. The van der Waals surface area contributed by atoms with Gasteiger partial charge < -0.3 is 4.42 Å². The number of rotatable bonds is 7. The molecule has 146 valence electrons. The Balaban J connectivity index is 1.87. The molecule has 0 atom stereocenters. The van der Waals surface area contributed by atoms with Gasteiger partial charge in [-0.1, -0.05) is 30.3 Å². The molecule has 28 heavy (non-hydrogen) atoms. The number of ketones is 1. The van der Waals surface area contributed by atoms with Crippen LogP contribution in [-0.4, -0.2) is 34.7 Å². The number of Topliss-reactive ketones (excluding diaryl/α,β-unsaturated/α-hetero) is 1. The van der Waals surface area contributed by atoms with Gasteiger partial charge in [0, 0.05) is 17.2 Å². The first-order chi connectivity index (χ1) is 13.3. The Morgan fingerprint density at radius 1 is 1.04 bits per heavy atom. The van der Waals surface area contributed by atoms with Gasteiger partial charge in [-0.3, -0.25) is 4.79 Å². The maximum atomic E-state index is 13.1. The molecule has 0 fully saturated rings. The number of benzene rings is 2. The third-order valence-electron chi connectivity index (χ3n) is 4.22. The van der Waals surface area contributed by atoms with Crippen molar-refractivity contribution in [2.75, 3.05) is 0 Å². The number of nitrogens with zero attached hydrogens (tertiary/aromatic N) is 3. The topological polar surface area (TPSA) is 93.4 Å². The summed E-state index contributed by atoms with van der Waals surface area (Å²) in [5.41, 5.74) is 1.22. The van der Waals surface area contributed by atoms with Crippen LogP contribution in [0.5, 0.6) is 0 Å². The number of hydrogen-bond acceptors (Lipinski definition) is 6. The SMILES string of the molecule is CC(=O)c1ccc(S(=O)(=O)N(Cc2nnc(-c3ccccc3)o2)C(C)C)cc1. The molecular weight excluding hydrogens is 378 g/mol. The summed E-state index contributed by atoms with van der Waals surface area (Å²) in [6, 6.07) is 14.8. The zero-order chi connectivity index (χ0) is 20.3. The monoisotopic (exact) mass is 399 g/mol. The highest BCUT2D eigenvalue weighted by Gasteiger charge is 2.29. The predicted octanol–water partition coefficient (Wildman–Crippen LogP) is 3.54. The fourth-order valence-corrected chi connectivity index (χ4v) is 4.28. The minimum atomic E-state index is -3.80. The minimum absolute atomic E-state index is 0.0473. The van der Waals surface area contributed by atoms with Gasteiger partial charge in [0.25, 0.3) is 0 Å². The molecule has 7 nitrogen and oxygen atoms in total. The lowest BCUT2D eigenvalue weighted by molar-refractivity contribution is 0.101. The highest BCUT2D eigenvalue weighted by Crippen LogP contribution is 2.23. The van der Waals surface area contributed by atoms with Gasteiger partial charge in [-0.15, -0.1) is 10.2 Å². The van der Waals surface area contributed by atoms with Crippen LogP contribution in [0.1, 0.15) is 37.0 Å². The third kappa shape index (κ3) is 4.18. The zero-order valence-corrected chi connectivity index (χ0v) is 16.7. The van der Waals surface area contributed by atoms with Gasteiger partial charge in [-0.2, -0.15) is 4.31 Å². The molecule has 0 saturated carbocycles. The highest BCUT2D eigenvalue weighted by molar-refractivity contribution is 7.89. The summed E-state index contributed by atoms with van der Waals surface area (Å²) in [6.45, 7) is 4.93. The van der Waals surface area contributed by atoms with Crippen molar-refractivity contribution >= 4 is 15.8 Å². The quantitative estimate of drug-likeness (QED) is 0.564. The van der Waals surface area contributed by atoms with Crippen molar-refractivity contribution in [3.63, 3.8) is 0 Å². The van der Waals surface area contributed by atoms with Crippen LogP contribution in [0.2, 0.25) is 0 Å². The number of hydrogen-bond donors (Lipinski definition) is 0. The molecule has 0 aliphatic rings. The highest BCUT2D eigenvalue weighted by atomic mass is 32.2. The molecule has 3 aromatic rings. The fourth-order valence-electron chi connectivity index (χ4n) is 2.69. The van der Waals surface area contributed by atoms with Crippen LogP contribution in [0.25, 0.3) is 11.5 Å². The summed E-state index contributed by atoms with van der Waals surface area (Å²) >= 11 is 0. The summed E-state index contributed by atoms with van der Waals surface area (Å²) in [6.07, 6.45) is 0. The summed E-state index contributed by atoms with van der Waals surface area (Å²) < 4.78 is 33.1. The van der Waals surface area contributed by atoms with E-state index < -0.39 is 10.0 Å². The molecule has 0 spiro atoms. The molecule has 3 rings (SSSR count). The summed E-state index contributed by atoms with van der Waals surface area (Å²) in [4.78, 5) is 11.5. The van der Waals surface area contributed by atoms with Crippen molar-refractivity contribution < 1.29 is 17.6 Å². The van der Waals surface area contributed by atoms with Gasteiger partial charge >= 0.3 is 0 Å². The number of carbonyl (C=O) groups excluding carboxylic acids is 1. The second-order valence-corrected chi connectivity index (χ2v) is 8.48. The standard InChI is InChI=1S/C20H21N3O4S/c1-14(2)23(28(25,26)18-11-9-16(10-12-18)15(3)24)13-19-21-22-20(27-19)17-7-5-4-6-8-17/h4-12,14H,13H2,1-3H3. The number of sulfonamides is 1. The van der Waals surface area contributed by atoms with Crippen LogP contribution in [0.15, 0.2) is 63.9 Å². The van der Waals surface area contributed by atoms with E-state index >= 15 is 0 Å². The second-order valence-electron chi connectivity index (χ2n) is 6.59. The van der Waals surface area contributed by atoms with E-state index in [1.54, 1.807) is 13.8 Å². The molecular formula is C20H21N3O4S. The van der Waals surface area contributed by atoms with Gasteiger partial charge in [0.05, 0.1) is 11.4 Å². The molecule has 0 saturated heterocycles. The summed E-state index contributed by atoms with van der Waals surface area (Å²) in [7, 11) is -3.80. The molecule has 0 N–H and O–H groups in total. The smallest absolute Gasteiger partial charge is 0.247 e. The molecule has 0 amide bonds. The Kier molecular flexibility index (Phi) is 5.71. The van der Waals surface area contributed by atoms with Crippen LogP contribution in [0, 0.1) is 0 Å².